The molecule has 0 aliphatic carbocycles. The van der Waals surface area contributed by atoms with Crippen molar-refractivity contribution in [2.45, 2.75) is 0 Å². The number of nitrogens with two attached hydrogens (primary N) is 3. The van der Waals surface area contributed by atoms with E-state index in [-0.39, 0.29) is 28.6 Å². The van der Waals surface area contributed by atoms with Crippen LogP contribution >= 0.6 is 0 Å². The third kappa shape index (κ3) is 4.83. The predicted molar refractivity (Wildman–Crippen MR) is 116 cm³/mol. The molecular formula is C20H19F3N8. The van der Waals surface area contributed by atoms with Crippen molar-refractivity contribution in [3.05, 3.63) is 65.9 Å². The van der Waals surface area contributed by atoms with Crippen molar-refractivity contribution in [2.24, 2.45) is 10.7 Å². The second-order valence-corrected chi connectivity index (χ2v) is 6.31. The number of benzene rings is 2. The van der Waals surface area contributed by atoms with Crippen LogP contribution in [0.15, 0.2) is 53.4 Å². The summed E-state index contributed by atoms with van der Waals surface area (Å²) in [6, 6.07) is 5.97. The van der Waals surface area contributed by atoms with Gasteiger partial charge in [-0.3, -0.25) is 4.99 Å². The van der Waals surface area contributed by atoms with E-state index in [0.717, 1.165) is 12.1 Å². The van der Waals surface area contributed by atoms with Crippen LogP contribution in [0.1, 0.15) is 0 Å². The Morgan fingerprint density at radius 1 is 1.06 bits per heavy atom. The normalized spacial score (nSPS) is 11.7. The first-order valence-electron chi connectivity index (χ1n) is 8.87. The number of nitrogens with one attached hydrogen (secondary N) is 2. The monoisotopic (exact) mass is 428 g/mol. The van der Waals surface area contributed by atoms with Gasteiger partial charge in [0.2, 0.25) is 5.95 Å². The van der Waals surface area contributed by atoms with Gasteiger partial charge in [-0.15, -0.1) is 0 Å². The van der Waals surface area contributed by atoms with Gasteiger partial charge in [0.15, 0.2) is 0 Å². The van der Waals surface area contributed by atoms with Crippen molar-refractivity contribution in [1.29, 1.82) is 0 Å². The van der Waals surface area contributed by atoms with Crippen molar-refractivity contribution in [1.82, 2.24) is 9.97 Å². The quantitative estimate of drug-likeness (QED) is 0.299. The number of allylic oxidation sites excluding steroid dienone is 1. The maximum Gasteiger partial charge on any atom is 0.229 e. The topological polar surface area (TPSA) is 140 Å². The van der Waals surface area contributed by atoms with E-state index in [1.54, 1.807) is 7.05 Å². The Morgan fingerprint density at radius 2 is 1.77 bits per heavy atom. The number of aromatic nitrogens is 2. The number of hydrogen-bond acceptors (Lipinski definition) is 8. The smallest absolute Gasteiger partial charge is 0.229 e. The Bertz CT molecular complexity index is 1150. The molecule has 0 aliphatic heterocycles. The van der Waals surface area contributed by atoms with Gasteiger partial charge in [0, 0.05) is 36.9 Å². The molecule has 1 heterocycles. The van der Waals surface area contributed by atoms with Crippen LogP contribution < -0.4 is 27.8 Å². The molecule has 1 aromatic heterocycles. The minimum atomic E-state index is -0.953. The SMILES string of the molecule is CN=C/C(=C\N)Nc1ncc(-c2cc(F)c(N)c(F)c2)c(Nc2cc(N)ccc2F)n1. The Labute approximate surface area is 175 Å². The van der Waals surface area contributed by atoms with Crippen LogP contribution in [-0.4, -0.2) is 23.2 Å². The molecule has 0 aliphatic rings. The lowest BCUT2D eigenvalue weighted by Crippen LogP contribution is -2.09. The molecule has 3 aromatic rings. The lowest BCUT2D eigenvalue weighted by molar-refractivity contribution is 0.592. The van der Waals surface area contributed by atoms with Gasteiger partial charge >= 0.3 is 0 Å². The standard InChI is InChI=1S/C20H19F3N8/c1-27-8-12(7-24)29-20-28-9-13(10-4-15(22)18(26)16(23)5-10)19(31-20)30-17-6-11(25)2-3-14(17)21/h2-9H,24-26H2,1H3,(H2,28,29,30,31)/b12-7+,27-8?. The molecule has 0 radical (unpaired) electrons. The molecule has 0 fully saturated rings. The van der Waals surface area contributed by atoms with E-state index in [1.165, 1.54) is 36.8 Å². The maximum atomic E-state index is 14.3. The van der Waals surface area contributed by atoms with Crippen molar-refractivity contribution < 1.29 is 13.2 Å². The van der Waals surface area contributed by atoms with Crippen LogP contribution in [0, 0.1) is 17.5 Å². The molecule has 8 N–H and O–H groups in total. The summed E-state index contributed by atoms with van der Waals surface area (Å²) >= 11 is 0. The maximum absolute atomic E-state index is 14.3. The van der Waals surface area contributed by atoms with Crippen LogP contribution in [-0.2, 0) is 0 Å². The number of halogens is 3. The highest BCUT2D eigenvalue weighted by atomic mass is 19.1. The third-order valence-corrected chi connectivity index (χ3v) is 4.13. The summed E-state index contributed by atoms with van der Waals surface area (Å²) in [5, 5.41) is 5.62. The van der Waals surface area contributed by atoms with Gasteiger partial charge in [0.25, 0.3) is 0 Å². The van der Waals surface area contributed by atoms with E-state index >= 15 is 0 Å². The number of nitrogens with zero attached hydrogens (tertiary/aromatic N) is 3. The van der Waals surface area contributed by atoms with Crippen molar-refractivity contribution in [3.63, 3.8) is 0 Å². The second kappa shape index (κ2) is 9.03. The largest absolute Gasteiger partial charge is 0.403 e. The molecule has 11 heteroatoms. The Kier molecular flexibility index (Phi) is 6.24. The average molecular weight is 428 g/mol. The summed E-state index contributed by atoms with van der Waals surface area (Å²) < 4.78 is 42.3. The van der Waals surface area contributed by atoms with Gasteiger partial charge in [-0.25, -0.2) is 18.2 Å². The Balaban J connectivity index is 2.12. The first-order chi connectivity index (χ1) is 14.8. The summed E-state index contributed by atoms with van der Waals surface area (Å²) in [4.78, 5) is 12.3. The molecular weight excluding hydrogens is 409 g/mol. The second-order valence-electron chi connectivity index (χ2n) is 6.31. The number of nitrogen functional groups attached to an aromatic ring is 2. The molecule has 31 heavy (non-hydrogen) atoms. The number of anilines is 5. The number of rotatable bonds is 6. The molecule has 0 bridgehead atoms. The summed E-state index contributed by atoms with van der Waals surface area (Å²) in [5.74, 6) is -2.39. The first-order valence-corrected chi connectivity index (χ1v) is 8.87. The van der Waals surface area contributed by atoms with E-state index < -0.39 is 23.1 Å². The highest BCUT2D eigenvalue weighted by Crippen LogP contribution is 2.33. The van der Waals surface area contributed by atoms with Gasteiger partial charge in [-0.1, -0.05) is 0 Å². The molecule has 8 nitrogen and oxygen atoms in total. The van der Waals surface area contributed by atoms with Crippen LogP contribution in [0.3, 0.4) is 0 Å². The summed E-state index contributed by atoms with van der Waals surface area (Å²) in [7, 11) is 1.55. The molecule has 160 valence electrons. The number of aliphatic imine (C=N–C) groups is 1. The summed E-state index contributed by atoms with van der Waals surface area (Å²) in [6.45, 7) is 0. The van der Waals surface area contributed by atoms with E-state index in [1.807, 2.05) is 0 Å². The minimum Gasteiger partial charge on any atom is -0.403 e. The van der Waals surface area contributed by atoms with Gasteiger partial charge in [-0.05, 0) is 35.9 Å². The van der Waals surface area contributed by atoms with Crippen LogP contribution in [0.25, 0.3) is 11.1 Å². The number of hydrogen-bond donors (Lipinski definition) is 5. The average Bonchev–Trinajstić information content (AvgIpc) is 2.74. The van der Waals surface area contributed by atoms with Crippen molar-refractivity contribution in [3.8, 4) is 11.1 Å². The molecule has 0 spiro atoms. The molecule has 2 aromatic carbocycles. The van der Waals surface area contributed by atoms with Crippen LogP contribution in [0.2, 0.25) is 0 Å². The zero-order chi connectivity index (χ0) is 22.5. The fourth-order valence-corrected chi connectivity index (χ4v) is 2.64. The molecule has 0 unspecified atom stereocenters. The molecule has 3 rings (SSSR count). The molecule has 0 saturated carbocycles. The zero-order valence-corrected chi connectivity index (χ0v) is 16.3. The van der Waals surface area contributed by atoms with Crippen LogP contribution in [0.5, 0.6) is 0 Å². The van der Waals surface area contributed by atoms with Crippen molar-refractivity contribution >= 4 is 35.0 Å². The van der Waals surface area contributed by atoms with Crippen LogP contribution in [0.4, 0.5) is 42.0 Å². The van der Waals surface area contributed by atoms with Gasteiger partial charge in [0.1, 0.15) is 29.0 Å². The Hall–Kier alpha value is -4.28. The van der Waals surface area contributed by atoms with Gasteiger partial charge in [-0.2, -0.15) is 4.98 Å². The Morgan fingerprint density at radius 3 is 2.42 bits per heavy atom. The van der Waals surface area contributed by atoms with Gasteiger partial charge in [0.05, 0.1) is 11.4 Å². The zero-order valence-electron chi connectivity index (χ0n) is 16.3. The summed E-state index contributed by atoms with van der Waals surface area (Å²) in [5.41, 5.74) is 17.0. The highest BCUT2D eigenvalue weighted by molar-refractivity contribution is 5.83. The van der Waals surface area contributed by atoms with Gasteiger partial charge < -0.3 is 27.8 Å². The highest BCUT2D eigenvalue weighted by Gasteiger charge is 2.16. The lowest BCUT2D eigenvalue weighted by Gasteiger charge is -2.15. The first kappa shape index (κ1) is 21.4. The van der Waals surface area contributed by atoms with E-state index in [9.17, 15) is 13.2 Å². The van der Waals surface area contributed by atoms with Crippen molar-refractivity contribution in [2.75, 3.05) is 29.1 Å². The van der Waals surface area contributed by atoms with E-state index in [2.05, 4.69) is 25.6 Å². The summed E-state index contributed by atoms with van der Waals surface area (Å²) in [6.07, 6.45) is 4.00. The fourth-order valence-electron chi connectivity index (χ4n) is 2.64. The molecule has 0 saturated heterocycles. The fraction of sp³-hybridized carbons (Fsp3) is 0.0500. The third-order valence-electron chi connectivity index (χ3n) is 4.13. The molecule has 0 amide bonds. The molecule has 0 atom stereocenters. The van der Waals surface area contributed by atoms with E-state index in [4.69, 9.17) is 17.2 Å². The lowest BCUT2D eigenvalue weighted by atomic mass is 10.1. The van der Waals surface area contributed by atoms with E-state index in [0.29, 0.717) is 11.4 Å². The minimum absolute atomic E-state index is 0.00648. The predicted octanol–water partition coefficient (Wildman–Crippen LogP) is 3.38.